The first-order valence-electron chi connectivity index (χ1n) is 7.17. The standard InChI is InChI=1S/C14H24N2O5/c1-9(18)15-13-8-16(10(2)19)12(5-4-6-17)7-14(13)21-11(3)20/h12-14,17H,4-8H2,1-3H3,(H,15,18)/t12-,13+,14-/m1/s1. The lowest BCUT2D eigenvalue weighted by Crippen LogP contribution is -2.60. The van der Waals surface area contributed by atoms with Gasteiger partial charge in [-0.2, -0.15) is 0 Å². The van der Waals surface area contributed by atoms with Crippen molar-refractivity contribution in [3.05, 3.63) is 0 Å². The highest BCUT2D eigenvalue weighted by molar-refractivity contribution is 5.75. The van der Waals surface area contributed by atoms with Crippen LogP contribution in [0.5, 0.6) is 0 Å². The van der Waals surface area contributed by atoms with Crippen molar-refractivity contribution in [1.82, 2.24) is 10.2 Å². The first-order valence-corrected chi connectivity index (χ1v) is 7.17. The third kappa shape index (κ3) is 5.34. The lowest BCUT2D eigenvalue weighted by molar-refractivity contribution is -0.155. The van der Waals surface area contributed by atoms with Gasteiger partial charge >= 0.3 is 5.97 Å². The van der Waals surface area contributed by atoms with E-state index in [9.17, 15) is 14.4 Å². The van der Waals surface area contributed by atoms with Gasteiger partial charge in [0.1, 0.15) is 6.10 Å². The van der Waals surface area contributed by atoms with Gasteiger partial charge in [0.25, 0.3) is 0 Å². The predicted molar refractivity (Wildman–Crippen MR) is 75.3 cm³/mol. The molecule has 2 N–H and O–H groups in total. The molecule has 0 radical (unpaired) electrons. The fourth-order valence-corrected chi connectivity index (χ4v) is 2.77. The Labute approximate surface area is 124 Å². The summed E-state index contributed by atoms with van der Waals surface area (Å²) in [6, 6.07) is -0.496. The van der Waals surface area contributed by atoms with Crippen LogP contribution in [0, 0.1) is 0 Å². The van der Waals surface area contributed by atoms with Crippen LogP contribution in [0.4, 0.5) is 0 Å². The van der Waals surface area contributed by atoms with E-state index in [-0.39, 0.29) is 24.5 Å². The molecule has 0 unspecified atom stereocenters. The molecule has 1 heterocycles. The minimum atomic E-state index is -0.453. The summed E-state index contributed by atoms with van der Waals surface area (Å²) in [6.45, 7) is 4.55. The van der Waals surface area contributed by atoms with Crippen LogP contribution in [0.3, 0.4) is 0 Å². The van der Waals surface area contributed by atoms with E-state index >= 15 is 0 Å². The Kier molecular flexibility index (Phi) is 6.61. The second-order valence-electron chi connectivity index (χ2n) is 5.38. The molecular formula is C14H24N2O5. The van der Waals surface area contributed by atoms with Gasteiger partial charge < -0.3 is 20.1 Å². The highest BCUT2D eigenvalue weighted by Crippen LogP contribution is 2.24. The SMILES string of the molecule is CC(=O)N[C@H]1CN(C(C)=O)[C@H](CCCO)C[C@H]1OC(C)=O. The molecule has 0 saturated carbocycles. The minimum absolute atomic E-state index is 0.0512. The maximum Gasteiger partial charge on any atom is 0.302 e. The van der Waals surface area contributed by atoms with E-state index in [1.165, 1.54) is 20.8 Å². The Morgan fingerprint density at radius 1 is 1.29 bits per heavy atom. The number of nitrogens with one attached hydrogen (secondary N) is 1. The lowest BCUT2D eigenvalue weighted by Gasteiger charge is -2.43. The highest BCUT2D eigenvalue weighted by Gasteiger charge is 2.38. The summed E-state index contributed by atoms with van der Waals surface area (Å²) in [5.41, 5.74) is 0. The van der Waals surface area contributed by atoms with Crippen molar-refractivity contribution >= 4 is 17.8 Å². The van der Waals surface area contributed by atoms with Crippen molar-refractivity contribution in [1.29, 1.82) is 0 Å². The van der Waals surface area contributed by atoms with Crippen LogP contribution in [0.2, 0.25) is 0 Å². The molecule has 2 amide bonds. The average molecular weight is 300 g/mol. The molecule has 0 bridgehead atoms. The van der Waals surface area contributed by atoms with Crippen LogP contribution < -0.4 is 5.32 Å². The van der Waals surface area contributed by atoms with Crippen molar-refractivity contribution in [2.75, 3.05) is 13.2 Å². The van der Waals surface area contributed by atoms with Crippen LogP contribution >= 0.6 is 0 Å². The third-order valence-corrected chi connectivity index (χ3v) is 3.59. The number of carbonyl (C=O) groups excluding carboxylic acids is 3. The number of amides is 2. The molecule has 7 nitrogen and oxygen atoms in total. The van der Waals surface area contributed by atoms with Gasteiger partial charge in [-0.15, -0.1) is 0 Å². The monoisotopic (exact) mass is 300 g/mol. The molecule has 1 fully saturated rings. The van der Waals surface area contributed by atoms with Gasteiger partial charge in [-0.05, 0) is 12.8 Å². The van der Waals surface area contributed by atoms with E-state index in [0.29, 0.717) is 25.8 Å². The van der Waals surface area contributed by atoms with Gasteiger partial charge in [0.15, 0.2) is 0 Å². The van der Waals surface area contributed by atoms with Crippen molar-refractivity contribution < 1.29 is 24.2 Å². The normalized spacial score (nSPS) is 25.3. The highest BCUT2D eigenvalue weighted by atomic mass is 16.5. The number of aliphatic hydroxyl groups excluding tert-OH is 1. The van der Waals surface area contributed by atoms with Crippen LogP contribution in [-0.4, -0.2) is 59.1 Å². The Morgan fingerprint density at radius 3 is 2.43 bits per heavy atom. The minimum Gasteiger partial charge on any atom is -0.460 e. The first-order chi connectivity index (χ1) is 9.85. The molecule has 0 aliphatic carbocycles. The number of likely N-dealkylation sites (tertiary alicyclic amines) is 1. The van der Waals surface area contributed by atoms with Crippen LogP contribution in [0.1, 0.15) is 40.0 Å². The molecule has 1 aliphatic rings. The quantitative estimate of drug-likeness (QED) is 0.686. The summed E-state index contributed by atoms with van der Waals surface area (Å²) in [4.78, 5) is 36.0. The van der Waals surface area contributed by atoms with E-state index in [0.717, 1.165) is 0 Å². The number of rotatable bonds is 5. The number of hydrogen-bond acceptors (Lipinski definition) is 5. The largest absolute Gasteiger partial charge is 0.460 e. The van der Waals surface area contributed by atoms with Gasteiger partial charge in [-0.1, -0.05) is 0 Å². The topological polar surface area (TPSA) is 95.9 Å². The van der Waals surface area contributed by atoms with E-state index in [1.54, 1.807) is 4.90 Å². The molecule has 0 spiro atoms. The second-order valence-corrected chi connectivity index (χ2v) is 5.38. The van der Waals surface area contributed by atoms with E-state index in [1.807, 2.05) is 0 Å². The third-order valence-electron chi connectivity index (χ3n) is 3.59. The molecule has 7 heteroatoms. The fraction of sp³-hybridized carbons (Fsp3) is 0.786. The van der Waals surface area contributed by atoms with Crippen LogP contribution in [0.25, 0.3) is 0 Å². The van der Waals surface area contributed by atoms with Gasteiger partial charge in [-0.3, -0.25) is 14.4 Å². The molecule has 21 heavy (non-hydrogen) atoms. The second kappa shape index (κ2) is 7.97. The molecule has 0 aromatic heterocycles. The molecule has 1 aliphatic heterocycles. The summed E-state index contributed by atoms with van der Waals surface area (Å²) in [7, 11) is 0. The van der Waals surface area contributed by atoms with Gasteiger partial charge in [-0.25, -0.2) is 0 Å². The number of piperidine rings is 1. The number of ether oxygens (including phenoxy) is 1. The maximum atomic E-state index is 11.8. The van der Waals surface area contributed by atoms with Gasteiger partial charge in [0.05, 0.1) is 6.04 Å². The number of esters is 1. The zero-order valence-electron chi connectivity index (χ0n) is 12.8. The van der Waals surface area contributed by atoms with E-state index in [2.05, 4.69) is 5.32 Å². The van der Waals surface area contributed by atoms with Gasteiger partial charge in [0, 0.05) is 46.4 Å². The molecule has 0 aromatic rings. The zero-order chi connectivity index (χ0) is 16.0. The van der Waals surface area contributed by atoms with Crippen molar-refractivity contribution in [3.63, 3.8) is 0 Å². The summed E-state index contributed by atoms with van der Waals surface area (Å²) < 4.78 is 5.29. The summed E-state index contributed by atoms with van der Waals surface area (Å²) >= 11 is 0. The fourth-order valence-electron chi connectivity index (χ4n) is 2.77. The number of nitrogens with zero attached hydrogens (tertiary/aromatic N) is 1. The summed E-state index contributed by atoms with van der Waals surface area (Å²) in [6.07, 6.45) is 1.22. The lowest BCUT2D eigenvalue weighted by atomic mass is 9.92. The zero-order valence-corrected chi connectivity index (χ0v) is 12.8. The van der Waals surface area contributed by atoms with E-state index < -0.39 is 18.1 Å². The van der Waals surface area contributed by atoms with Crippen molar-refractivity contribution in [2.45, 2.75) is 58.2 Å². The molecule has 1 rings (SSSR count). The molecule has 120 valence electrons. The molecule has 1 saturated heterocycles. The van der Waals surface area contributed by atoms with Crippen molar-refractivity contribution in [2.24, 2.45) is 0 Å². The Bertz CT molecular complexity index is 399. The average Bonchev–Trinajstić information content (AvgIpc) is 2.37. The van der Waals surface area contributed by atoms with Gasteiger partial charge in [0.2, 0.25) is 11.8 Å². The molecule has 0 aromatic carbocycles. The number of hydrogen-bond donors (Lipinski definition) is 2. The summed E-state index contributed by atoms with van der Waals surface area (Å²) in [5, 5.41) is 11.7. The van der Waals surface area contributed by atoms with Crippen LogP contribution in [0.15, 0.2) is 0 Å². The first kappa shape index (κ1) is 17.4. The van der Waals surface area contributed by atoms with E-state index in [4.69, 9.17) is 9.84 Å². The number of carbonyl (C=O) groups is 3. The maximum absolute atomic E-state index is 11.8. The smallest absolute Gasteiger partial charge is 0.302 e. The Balaban J connectivity index is 2.86. The van der Waals surface area contributed by atoms with Crippen molar-refractivity contribution in [3.8, 4) is 0 Å². The van der Waals surface area contributed by atoms with Crippen LogP contribution in [-0.2, 0) is 19.1 Å². The Hall–Kier alpha value is -1.63. The molecule has 3 atom stereocenters. The summed E-state index contributed by atoms with van der Waals surface area (Å²) in [5.74, 6) is -0.725. The molecular weight excluding hydrogens is 276 g/mol. The predicted octanol–water partition coefficient (Wildman–Crippen LogP) is -0.184. The number of aliphatic hydroxyl groups is 1. The Morgan fingerprint density at radius 2 is 1.95 bits per heavy atom.